The maximum absolute atomic E-state index is 4.40. The number of anilines is 1. The molecule has 0 aliphatic heterocycles. The van der Waals surface area contributed by atoms with Crippen LogP contribution >= 0.6 is 15.9 Å². The van der Waals surface area contributed by atoms with Gasteiger partial charge in [-0.2, -0.15) is 10.1 Å². The Bertz CT molecular complexity index is 686. The second kappa shape index (κ2) is 4.41. The molecule has 3 rings (SSSR count). The molecule has 0 amide bonds. The molecule has 0 aliphatic carbocycles. The largest absolute Gasteiger partial charge is 0.349 e. The van der Waals surface area contributed by atoms with E-state index in [2.05, 4.69) is 41.5 Å². The number of aromatic amines is 1. The van der Waals surface area contributed by atoms with Gasteiger partial charge >= 0.3 is 0 Å². The van der Waals surface area contributed by atoms with Crippen molar-refractivity contribution in [1.82, 2.24) is 24.8 Å². The fourth-order valence-electron chi connectivity index (χ4n) is 1.68. The van der Waals surface area contributed by atoms with Gasteiger partial charge in [-0.25, -0.2) is 4.52 Å². The molecule has 0 bridgehead atoms. The normalized spacial score (nSPS) is 11.0. The number of aryl methyl sites for hydroxylation is 1. The number of H-pyrrole nitrogens is 1. The predicted octanol–water partition coefficient (Wildman–Crippen LogP) is 2.14. The molecule has 92 valence electrons. The summed E-state index contributed by atoms with van der Waals surface area (Å²) in [7, 11) is 0. The highest BCUT2D eigenvalue weighted by atomic mass is 79.9. The predicted molar refractivity (Wildman–Crippen MR) is 71.3 cm³/mol. The molecule has 0 spiro atoms. The van der Waals surface area contributed by atoms with E-state index in [1.54, 1.807) is 10.7 Å². The number of aromatic nitrogens is 5. The third-order valence-corrected chi connectivity index (χ3v) is 3.30. The Labute approximate surface area is 112 Å². The first-order valence-electron chi connectivity index (χ1n) is 5.47. The Morgan fingerprint density at radius 3 is 3.11 bits per heavy atom. The fraction of sp³-hybridized carbons (Fsp3) is 0.182. The van der Waals surface area contributed by atoms with Crippen molar-refractivity contribution in [2.24, 2.45) is 0 Å². The molecular weight excluding hydrogens is 296 g/mol. The second-order valence-corrected chi connectivity index (χ2v) is 4.79. The van der Waals surface area contributed by atoms with Crippen molar-refractivity contribution in [3.8, 4) is 0 Å². The lowest BCUT2D eigenvalue weighted by molar-refractivity contribution is 0.946. The quantitative estimate of drug-likeness (QED) is 0.777. The van der Waals surface area contributed by atoms with Crippen LogP contribution in [0.4, 0.5) is 5.95 Å². The fourth-order valence-corrected chi connectivity index (χ4v) is 2.10. The summed E-state index contributed by atoms with van der Waals surface area (Å²) in [5.41, 5.74) is 2.95. The number of fused-ring (bicyclic) bond motifs is 1. The van der Waals surface area contributed by atoms with E-state index in [1.165, 1.54) is 0 Å². The SMILES string of the molecule is Cc1[nH]ncc1CNc1nc2c(Br)cccn2n1. The molecule has 0 radical (unpaired) electrons. The van der Waals surface area contributed by atoms with Gasteiger partial charge in [0, 0.05) is 24.0 Å². The number of hydrogen-bond acceptors (Lipinski definition) is 4. The average molecular weight is 307 g/mol. The minimum Gasteiger partial charge on any atom is -0.349 e. The van der Waals surface area contributed by atoms with E-state index in [4.69, 9.17) is 0 Å². The molecule has 0 saturated heterocycles. The van der Waals surface area contributed by atoms with E-state index in [9.17, 15) is 0 Å². The molecule has 18 heavy (non-hydrogen) atoms. The molecule has 7 heteroatoms. The van der Waals surface area contributed by atoms with Crippen LogP contribution in [0.1, 0.15) is 11.3 Å². The van der Waals surface area contributed by atoms with Gasteiger partial charge < -0.3 is 5.32 Å². The summed E-state index contributed by atoms with van der Waals surface area (Å²) >= 11 is 3.45. The van der Waals surface area contributed by atoms with Crippen LogP contribution in [0.2, 0.25) is 0 Å². The second-order valence-electron chi connectivity index (χ2n) is 3.93. The lowest BCUT2D eigenvalue weighted by Gasteiger charge is -1.99. The van der Waals surface area contributed by atoms with Gasteiger partial charge in [-0.3, -0.25) is 5.10 Å². The van der Waals surface area contributed by atoms with Gasteiger partial charge in [0.15, 0.2) is 5.65 Å². The zero-order valence-corrected chi connectivity index (χ0v) is 11.3. The number of pyridine rings is 1. The van der Waals surface area contributed by atoms with Gasteiger partial charge in [0.05, 0.1) is 10.7 Å². The lowest BCUT2D eigenvalue weighted by atomic mass is 10.3. The molecule has 0 aromatic carbocycles. The van der Waals surface area contributed by atoms with Gasteiger partial charge in [-0.15, -0.1) is 5.10 Å². The maximum Gasteiger partial charge on any atom is 0.243 e. The molecule has 0 saturated carbocycles. The van der Waals surface area contributed by atoms with E-state index < -0.39 is 0 Å². The van der Waals surface area contributed by atoms with Gasteiger partial charge in [-0.05, 0) is 35.0 Å². The molecular formula is C11H11BrN6. The van der Waals surface area contributed by atoms with Crippen molar-refractivity contribution in [2.75, 3.05) is 5.32 Å². The van der Waals surface area contributed by atoms with E-state index >= 15 is 0 Å². The van der Waals surface area contributed by atoms with Gasteiger partial charge in [0.1, 0.15) is 0 Å². The highest BCUT2D eigenvalue weighted by Crippen LogP contribution is 2.17. The van der Waals surface area contributed by atoms with Gasteiger partial charge in [0.25, 0.3) is 0 Å². The lowest BCUT2D eigenvalue weighted by Crippen LogP contribution is -2.01. The van der Waals surface area contributed by atoms with E-state index in [-0.39, 0.29) is 0 Å². The zero-order valence-electron chi connectivity index (χ0n) is 9.68. The molecule has 0 fully saturated rings. The first-order chi connectivity index (χ1) is 8.74. The van der Waals surface area contributed by atoms with Crippen LogP contribution in [0, 0.1) is 6.92 Å². The molecule has 6 nitrogen and oxygen atoms in total. The van der Waals surface area contributed by atoms with Gasteiger partial charge in [0.2, 0.25) is 5.95 Å². The highest BCUT2D eigenvalue weighted by molar-refractivity contribution is 9.10. The molecule has 3 aromatic rings. The molecule has 0 unspecified atom stereocenters. The van der Waals surface area contributed by atoms with Crippen molar-refractivity contribution in [3.05, 3.63) is 40.3 Å². The summed E-state index contributed by atoms with van der Waals surface area (Å²) in [6, 6.07) is 3.85. The van der Waals surface area contributed by atoms with Crippen molar-refractivity contribution < 1.29 is 0 Å². The average Bonchev–Trinajstić information content (AvgIpc) is 2.93. The van der Waals surface area contributed by atoms with E-state index in [1.807, 2.05) is 25.3 Å². The number of rotatable bonds is 3. The van der Waals surface area contributed by atoms with Crippen molar-refractivity contribution in [1.29, 1.82) is 0 Å². The van der Waals surface area contributed by atoms with Crippen LogP contribution in [0.3, 0.4) is 0 Å². The van der Waals surface area contributed by atoms with Crippen molar-refractivity contribution in [3.63, 3.8) is 0 Å². The smallest absolute Gasteiger partial charge is 0.243 e. The Morgan fingerprint density at radius 2 is 2.39 bits per heavy atom. The molecule has 3 aromatic heterocycles. The topological polar surface area (TPSA) is 70.9 Å². The Hall–Kier alpha value is -1.89. The minimum atomic E-state index is 0.600. The van der Waals surface area contributed by atoms with E-state index in [0.717, 1.165) is 21.4 Å². The van der Waals surface area contributed by atoms with Crippen LogP contribution in [0.25, 0.3) is 5.65 Å². The zero-order chi connectivity index (χ0) is 12.5. The monoisotopic (exact) mass is 306 g/mol. The van der Waals surface area contributed by atoms with Crippen LogP contribution in [0.5, 0.6) is 0 Å². The summed E-state index contributed by atoms with van der Waals surface area (Å²) in [5.74, 6) is 0.600. The van der Waals surface area contributed by atoms with Gasteiger partial charge in [-0.1, -0.05) is 0 Å². The van der Waals surface area contributed by atoms with Crippen LogP contribution in [-0.4, -0.2) is 24.8 Å². The first-order valence-corrected chi connectivity index (χ1v) is 6.27. The summed E-state index contributed by atoms with van der Waals surface area (Å²) < 4.78 is 2.65. The molecule has 0 atom stereocenters. The Morgan fingerprint density at radius 1 is 1.50 bits per heavy atom. The summed E-state index contributed by atoms with van der Waals surface area (Å²) in [4.78, 5) is 4.40. The first kappa shape index (κ1) is 11.2. The van der Waals surface area contributed by atoms with Crippen LogP contribution in [-0.2, 0) is 6.54 Å². The highest BCUT2D eigenvalue weighted by Gasteiger charge is 2.06. The van der Waals surface area contributed by atoms with Crippen LogP contribution in [0.15, 0.2) is 29.0 Å². The maximum atomic E-state index is 4.40. The third kappa shape index (κ3) is 1.97. The summed E-state index contributed by atoms with van der Waals surface area (Å²) in [6.45, 7) is 2.63. The number of hydrogen-bond donors (Lipinski definition) is 2. The Kier molecular flexibility index (Phi) is 2.75. The number of halogens is 1. The standard InChI is InChI=1S/C11H11BrN6/c1-7-8(6-14-16-7)5-13-11-15-10-9(12)3-2-4-18(10)17-11/h2-4,6H,5H2,1H3,(H,13,17)(H,14,16). The number of nitrogens with zero attached hydrogens (tertiary/aromatic N) is 4. The van der Waals surface area contributed by atoms with Crippen molar-refractivity contribution >= 4 is 27.5 Å². The molecule has 2 N–H and O–H groups in total. The Balaban J connectivity index is 1.83. The van der Waals surface area contributed by atoms with Crippen molar-refractivity contribution in [2.45, 2.75) is 13.5 Å². The summed E-state index contributed by atoms with van der Waals surface area (Å²) in [5, 5.41) is 14.4. The molecule has 3 heterocycles. The number of nitrogens with one attached hydrogen (secondary N) is 2. The minimum absolute atomic E-state index is 0.600. The summed E-state index contributed by atoms with van der Waals surface area (Å²) in [6.07, 6.45) is 3.66. The third-order valence-electron chi connectivity index (χ3n) is 2.69. The van der Waals surface area contributed by atoms with E-state index in [0.29, 0.717) is 12.5 Å². The molecule has 0 aliphatic rings. The van der Waals surface area contributed by atoms with Crippen LogP contribution < -0.4 is 5.32 Å².